The van der Waals surface area contributed by atoms with Crippen LogP contribution in [-0.4, -0.2) is 42.6 Å². The van der Waals surface area contributed by atoms with Gasteiger partial charge in [-0.25, -0.2) is 8.42 Å². The highest BCUT2D eigenvalue weighted by atomic mass is 32.2. The Morgan fingerprint density at radius 2 is 2.18 bits per heavy atom. The van der Waals surface area contributed by atoms with Gasteiger partial charge >= 0.3 is 5.97 Å². The molecular weight excluding hydrogens is 242 g/mol. The summed E-state index contributed by atoms with van der Waals surface area (Å²) >= 11 is 0. The van der Waals surface area contributed by atoms with Crippen LogP contribution in [0.2, 0.25) is 0 Å². The van der Waals surface area contributed by atoms with Gasteiger partial charge in [0.05, 0.1) is 11.5 Å². The number of nitrogens with one attached hydrogen (secondary N) is 1. The number of hydrogen-bond acceptors (Lipinski definition) is 4. The topological polar surface area (TPSA) is 83.5 Å². The van der Waals surface area contributed by atoms with Gasteiger partial charge in [0.1, 0.15) is 5.54 Å². The summed E-state index contributed by atoms with van der Waals surface area (Å²) in [5, 5.41) is 12.2. The molecule has 0 aliphatic carbocycles. The Morgan fingerprint density at radius 3 is 2.65 bits per heavy atom. The van der Waals surface area contributed by atoms with E-state index in [0.29, 0.717) is 12.8 Å². The molecule has 2 unspecified atom stereocenters. The van der Waals surface area contributed by atoms with Gasteiger partial charge in [-0.05, 0) is 26.2 Å². The predicted octanol–water partition coefficient (Wildman–Crippen LogP) is 0.797. The second kappa shape index (κ2) is 5.35. The summed E-state index contributed by atoms with van der Waals surface area (Å²) in [6, 6.07) is -0.235. The van der Waals surface area contributed by atoms with Crippen LogP contribution in [0, 0.1) is 0 Å². The minimum atomic E-state index is -3.00. The van der Waals surface area contributed by atoms with Gasteiger partial charge in [-0.3, -0.25) is 10.1 Å². The maximum atomic E-state index is 11.5. The van der Waals surface area contributed by atoms with Gasteiger partial charge in [-0.2, -0.15) is 0 Å². The highest BCUT2D eigenvalue weighted by Crippen LogP contribution is 2.19. The van der Waals surface area contributed by atoms with Gasteiger partial charge in [-0.15, -0.1) is 0 Å². The SMILES string of the molecule is CCCC(C)(NC1CCCS(=O)(=O)C1)C(=O)O. The average Bonchev–Trinajstić information content (AvgIpc) is 2.15. The summed E-state index contributed by atoms with van der Waals surface area (Å²) in [7, 11) is -3.00. The van der Waals surface area contributed by atoms with E-state index >= 15 is 0 Å². The lowest BCUT2D eigenvalue weighted by Crippen LogP contribution is -2.56. The van der Waals surface area contributed by atoms with Crippen molar-refractivity contribution in [2.24, 2.45) is 0 Å². The smallest absolute Gasteiger partial charge is 0.323 e. The monoisotopic (exact) mass is 263 g/mol. The third-order valence-corrected chi connectivity index (χ3v) is 5.03. The maximum absolute atomic E-state index is 11.5. The van der Waals surface area contributed by atoms with Crippen molar-refractivity contribution in [3.05, 3.63) is 0 Å². The molecule has 0 spiro atoms. The van der Waals surface area contributed by atoms with Crippen molar-refractivity contribution in [2.45, 2.75) is 51.1 Å². The van der Waals surface area contributed by atoms with Crippen LogP contribution in [0.25, 0.3) is 0 Å². The number of aliphatic carboxylic acids is 1. The van der Waals surface area contributed by atoms with E-state index in [-0.39, 0.29) is 17.5 Å². The van der Waals surface area contributed by atoms with Crippen LogP contribution in [0.4, 0.5) is 0 Å². The first-order valence-corrected chi connectivity index (χ1v) is 7.83. The van der Waals surface area contributed by atoms with Crippen LogP contribution in [0.15, 0.2) is 0 Å². The minimum Gasteiger partial charge on any atom is -0.480 e. The zero-order valence-corrected chi connectivity index (χ0v) is 11.2. The third kappa shape index (κ3) is 3.96. The molecule has 17 heavy (non-hydrogen) atoms. The Morgan fingerprint density at radius 1 is 1.53 bits per heavy atom. The fraction of sp³-hybridized carbons (Fsp3) is 0.909. The van der Waals surface area contributed by atoms with Crippen LogP contribution in [0.5, 0.6) is 0 Å². The van der Waals surface area contributed by atoms with Gasteiger partial charge in [-0.1, -0.05) is 13.3 Å². The molecule has 2 N–H and O–H groups in total. The first-order valence-electron chi connectivity index (χ1n) is 6.00. The molecule has 2 atom stereocenters. The highest BCUT2D eigenvalue weighted by molar-refractivity contribution is 7.91. The number of rotatable bonds is 5. The Kier molecular flexibility index (Phi) is 4.55. The zero-order valence-electron chi connectivity index (χ0n) is 10.4. The number of sulfone groups is 1. The predicted molar refractivity (Wildman–Crippen MR) is 65.8 cm³/mol. The van der Waals surface area contributed by atoms with E-state index in [1.807, 2.05) is 6.92 Å². The van der Waals surface area contributed by atoms with E-state index < -0.39 is 21.3 Å². The van der Waals surface area contributed by atoms with Crippen LogP contribution in [0.1, 0.15) is 39.5 Å². The van der Waals surface area contributed by atoms with E-state index in [9.17, 15) is 18.3 Å². The standard InChI is InChI=1S/C11H21NO4S/c1-3-6-11(2,10(13)14)12-9-5-4-7-17(15,16)8-9/h9,12H,3-8H2,1-2H3,(H,13,14). The van der Waals surface area contributed by atoms with E-state index in [1.54, 1.807) is 6.92 Å². The van der Waals surface area contributed by atoms with Gasteiger partial charge in [0, 0.05) is 6.04 Å². The summed E-state index contributed by atoms with van der Waals surface area (Å²) in [5.41, 5.74) is -1.02. The molecule has 0 amide bonds. The van der Waals surface area contributed by atoms with Crippen molar-refractivity contribution in [3.8, 4) is 0 Å². The minimum absolute atomic E-state index is 0.0551. The lowest BCUT2D eigenvalue weighted by molar-refractivity contribution is -0.144. The first-order chi connectivity index (χ1) is 7.79. The van der Waals surface area contributed by atoms with Crippen LogP contribution in [0.3, 0.4) is 0 Å². The summed E-state index contributed by atoms with van der Waals surface area (Å²) in [6.07, 6.45) is 2.59. The van der Waals surface area contributed by atoms with E-state index in [1.165, 1.54) is 0 Å². The van der Waals surface area contributed by atoms with Crippen molar-refractivity contribution in [1.82, 2.24) is 5.32 Å². The maximum Gasteiger partial charge on any atom is 0.323 e. The number of hydrogen-bond donors (Lipinski definition) is 2. The second-order valence-corrected chi connectivity index (χ2v) is 7.21. The van der Waals surface area contributed by atoms with Gasteiger partial charge < -0.3 is 5.11 Å². The first kappa shape index (κ1) is 14.4. The highest BCUT2D eigenvalue weighted by Gasteiger charge is 2.36. The van der Waals surface area contributed by atoms with Gasteiger partial charge in [0.25, 0.3) is 0 Å². The van der Waals surface area contributed by atoms with E-state index in [2.05, 4.69) is 5.32 Å². The molecular formula is C11H21NO4S. The van der Waals surface area contributed by atoms with Crippen molar-refractivity contribution >= 4 is 15.8 Å². The molecule has 0 aromatic carbocycles. The van der Waals surface area contributed by atoms with Crippen molar-refractivity contribution in [2.75, 3.05) is 11.5 Å². The molecule has 1 aliphatic rings. The van der Waals surface area contributed by atoms with Crippen molar-refractivity contribution < 1.29 is 18.3 Å². The lowest BCUT2D eigenvalue weighted by atomic mass is 9.94. The van der Waals surface area contributed by atoms with Gasteiger partial charge in [0.15, 0.2) is 9.84 Å². The molecule has 0 aromatic heterocycles. The molecule has 1 heterocycles. The zero-order chi connectivity index (χ0) is 13.1. The van der Waals surface area contributed by atoms with Crippen molar-refractivity contribution in [3.63, 3.8) is 0 Å². The number of carboxylic acids is 1. The molecule has 100 valence electrons. The summed E-state index contributed by atoms with van der Waals surface area (Å²) < 4.78 is 23.0. The molecule has 1 aliphatic heterocycles. The molecule has 1 saturated heterocycles. The van der Waals surface area contributed by atoms with Crippen LogP contribution in [-0.2, 0) is 14.6 Å². The molecule has 6 heteroatoms. The van der Waals surface area contributed by atoms with Gasteiger partial charge in [0.2, 0.25) is 0 Å². The Labute approximate surface area is 103 Å². The molecule has 5 nitrogen and oxygen atoms in total. The Balaban J connectivity index is 2.71. The third-order valence-electron chi connectivity index (χ3n) is 3.21. The molecule has 1 rings (SSSR count). The second-order valence-electron chi connectivity index (χ2n) is 4.99. The molecule has 0 saturated carbocycles. The van der Waals surface area contributed by atoms with E-state index in [4.69, 9.17) is 0 Å². The Hall–Kier alpha value is -0.620. The summed E-state index contributed by atoms with van der Waals surface area (Å²) in [5.74, 6) is -0.634. The van der Waals surface area contributed by atoms with Crippen LogP contribution < -0.4 is 5.32 Å². The lowest BCUT2D eigenvalue weighted by Gasteiger charge is -2.33. The summed E-state index contributed by atoms with van der Waals surface area (Å²) in [6.45, 7) is 3.54. The summed E-state index contributed by atoms with van der Waals surface area (Å²) in [4.78, 5) is 11.2. The quantitative estimate of drug-likeness (QED) is 0.766. The molecule has 0 bridgehead atoms. The largest absolute Gasteiger partial charge is 0.480 e. The number of carboxylic acid groups (broad SMARTS) is 1. The average molecular weight is 263 g/mol. The van der Waals surface area contributed by atoms with Crippen LogP contribution >= 0.6 is 0 Å². The fourth-order valence-electron chi connectivity index (χ4n) is 2.33. The number of carbonyl (C=O) groups is 1. The molecule has 0 radical (unpaired) electrons. The fourth-order valence-corrected chi connectivity index (χ4v) is 3.96. The normalized spacial score (nSPS) is 27.3. The molecule has 1 fully saturated rings. The molecule has 0 aromatic rings. The Bertz CT molecular complexity index is 379. The van der Waals surface area contributed by atoms with E-state index in [0.717, 1.165) is 12.8 Å². The van der Waals surface area contributed by atoms with Crippen molar-refractivity contribution in [1.29, 1.82) is 0 Å².